The third-order valence-electron chi connectivity index (χ3n) is 2.66. The van der Waals surface area contributed by atoms with Crippen LogP contribution < -0.4 is 5.32 Å². The summed E-state index contributed by atoms with van der Waals surface area (Å²) in [6, 6.07) is 7.18. The molecule has 0 aromatic heterocycles. The van der Waals surface area contributed by atoms with Crippen LogP contribution in [0.2, 0.25) is 0 Å². The number of nitrogens with one attached hydrogen (secondary N) is 1. The Labute approximate surface area is 109 Å². The molecule has 0 fully saturated rings. The molecular weight excluding hydrogens is 222 g/mol. The van der Waals surface area contributed by atoms with Gasteiger partial charge >= 0.3 is 0 Å². The van der Waals surface area contributed by atoms with E-state index in [2.05, 4.69) is 36.5 Å². The molecule has 2 heteroatoms. The standard InChI is InChI=1S/C16H21NO/c1-4-15(17-3)10-6-13(2)5-7-14-8-11-16(18)12-9-14/h4-13,17-18H,1-3H3/b7-5+,10-6-,15-4+. The molecule has 0 aliphatic heterocycles. The van der Waals surface area contributed by atoms with Crippen molar-refractivity contribution in [2.45, 2.75) is 13.8 Å². The molecule has 0 bridgehead atoms. The molecule has 0 aliphatic carbocycles. The van der Waals surface area contributed by atoms with E-state index in [-0.39, 0.29) is 0 Å². The van der Waals surface area contributed by atoms with E-state index in [4.69, 9.17) is 0 Å². The van der Waals surface area contributed by atoms with Gasteiger partial charge in [-0.15, -0.1) is 0 Å². The van der Waals surface area contributed by atoms with Crippen LogP contribution in [-0.2, 0) is 0 Å². The summed E-state index contributed by atoms with van der Waals surface area (Å²) in [5.74, 6) is 0.661. The molecule has 0 amide bonds. The molecular formula is C16H21NO. The summed E-state index contributed by atoms with van der Waals surface area (Å²) >= 11 is 0. The SMILES string of the molecule is C/C=C(\C=C/C(C)/C=C/c1ccc(O)cc1)NC. The van der Waals surface area contributed by atoms with Crippen LogP contribution in [0.3, 0.4) is 0 Å². The molecule has 18 heavy (non-hydrogen) atoms. The van der Waals surface area contributed by atoms with Gasteiger partial charge in [0.15, 0.2) is 0 Å². The molecule has 96 valence electrons. The minimum Gasteiger partial charge on any atom is -0.508 e. The van der Waals surface area contributed by atoms with Gasteiger partial charge in [-0.25, -0.2) is 0 Å². The Morgan fingerprint density at radius 1 is 1.22 bits per heavy atom. The summed E-state index contributed by atoms with van der Waals surface area (Å²) in [6.45, 7) is 4.14. The van der Waals surface area contributed by atoms with Crippen LogP contribution >= 0.6 is 0 Å². The van der Waals surface area contributed by atoms with E-state index in [0.29, 0.717) is 11.7 Å². The third-order valence-corrected chi connectivity index (χ3v) is 2.66. The van der Waals surface area contributed by atoms with E-state index in [1.54, 1.807) is 12.1 Å². The number of hydrogen-bond acceptors (Lipinski definition) is 2. The zero-order valence-electron chi connectivity index (χ0n) is 11.2. The van der Waals surface area contributed by atoms with Crippen LogP contribution in [0.5, 0.6) is 5.75 Å². The monoisotopic (exact) mass is 243 g/mol. The van der Waals surface area contributed by atoms with Gasteiger partial charge in [0.1, 0.15) is 5.75 Å². The lowest BCUT2D eigenvalue weighted by atomic mass is 10.1. The van der Waals surface area contributed by atoms with Crippen LogP contribution in [0.25, 0.3) is 6.08 Å². The van der Waals surface area contributed by atoms with Crippen molar-refractivity contribution in [3.63, 3.8) is 0 Å². The fraction of sp³-hybridized carbons (Fsp3) is 0.250. The van der Waals surface area contributed by atoms with Gasteiger partial charge in [0, 0.05) is 12.7 Å². The molecule has 0 heterocycles. The molecule has 0 spiro atoms. The van der Waals surface area contributed by atoms with Crippen molar-refractivity contribution in [1.29, 1.82) is 0 Å². The molecule has 0 aliphatic rings. The maximum absolute atomic E-state index is 9.19. The van der Waals surface area contributed by atoms with Crippen LogP contribution in [0.1, 0.15) is 19.4 Å². The van der Waals surface area contributed by atoms with E-state index >= 15 is 0 Å². The van der Waals surface area contributed by atoms with Crippen molar-refractivity contribution >= 4 is 6.08 Å². The van der Waals surface area contributed by atoms with Gasteiger partial charge in [0.05, 0.1) is 0 Å². The molecule has 1 rings (SSSR count). The molecule has 1 atom stereocenters. The van der Waals surface area contributed by atoms with E-state index in [1.807, 2.05) is 32.2 Å². The normalized spacial score (nSPS) is 14.3. The van der Waals surface area contributed by atoms with Crippen LogP contribution in [0.15, 0.2) is 54.3 Å². The van der Waals surface area contributed by atoms with E-state index in [9.17, 15) is 5.11 Å². The number of rotatable bonds is 5. The highest BCUT2D eigenvalue weighted by atomic mass is 16.3. The largest absolute Gasteiger partial charge is 0.508 e. The first-order valence-electron chi connectivity index (χ1n) is 6.15. The van der Waals surface area contributed by atoms with Crippen molar-refractivity contribution in [3.8, 4) is 5.75 Å². The Morgan fingerprint density at radius 3 is 2.44 bits per heavy atom. The summed E-state index contributed by atoms with van der Waals surface area (Å²) in [4.78, 5) is 0. The van der Waals surface area contributed by atoms with Gasteiger partial charge in [-0.1, -0.05) is 43.4 Å². The van der Waals surface area contributed by atoms with Crippen LogP contribution in [0, 0.1) is 5.92 Å². The van der Waals surface area contributed by atoms with Gasteiger partial charge in [0.2, 0.25) is 0 Å². The predicted octanol–water partition coefficient (Wildman–Crippen LogP) is 3.72. The predicted molar refractivity (Wildman–Crippen MR) is 78.3 cm³/mol. The summed E-state index contributed by atoms with van der Waals surface area (Å²) < 4.78 is 0. The van der Waals surface area contributed by atoms with Crippen molar-refractivity contribution in [1.82, 2.24) is 5.32 Å². The fourth-order valence-electron chi connectivity index (χ4n) is 1.49. The summed E-state index contributed by atoms with van der Waals surface area (Å²) in [6.07, 6.45) is 10.4. The Hall–Kier alpha value is -1.96. The topological polar surface area (TPSA) is 32.3 Å². The summed E-state index contributed by atoms with van der Waals surface area (Å²) in [7, 11) is 1.91. The Balaban J connectivity index is 2.59. The molecule has 1 unspecified atom stereocenters. The molecule has 2 nitrogen and oxygen atoms in total. The van der Waals surface area contributed by atoms with Gasteiger partial charge in [-0.2, -0.15) is 0 Å². The van der Waals surface area contributed by atoms with Gasteiger partial charge in [-0.3, -0.25) is 0 Å². The smallest absolute Gasteiger partial charge is 0.115 e. The summed E-state index contributed by atoms with van der Waals surface area (Å²) in [5.41, 5.74) is 2.20. The zero-order chi connectivity index (χ0) is 13.4. The maximum atomic E-state index is 9.19. The van der Waals surface area contributed by atoms with Gasteiger partial charge < -0.3 is 10.4 Å². The van der Waals surface area contributed by atoms with Crippen LogP contribution in [-0.4, -0.2) is 12.2 Å². The Bertz CT molecular complexity index is 441. The highest BCUT2D eigenvalue weighted by molar-refractivity contribution is 5.51. The molecule has 1 aromatic rings. The minimum atomic E-state index is 0.298. The number of likely N-dealkylation sites (N-methyl/N-ethyl adjacent to an activating group) is 1. The average Bonchev–Trinajstić information content (AvgIpc) is 2.39. The van der Waals surface area contributed by atoms with Gasteiger partial charge in [0.25, 0.3) is 0 Å². The molecule has 0 saturated carbocycles. The first-order valence-corrected chi connectivity index (χ1v) is 6.15. The number of phenolic OH excluding ortho intramolecular Hbond substituents is 1. The Morgan fingerprint density at radius 2 is 1.89 bits per heavy atom. The second-order valence-corrected chi connectivity index (χ2v) is 4.16. The first-order chi connectivity index (χ1) is 8.65. The van der Waals surface area contributed by atoms with Crippen molar-refractivity contribution in [2.24, 2.45) is 5.92 Å². The highest BCUT2D eigenvalue weighted by Crippen LogP contribution is 2.12. The second kappa shape index (κ2) is 7.38. The van der Waals surface area contributed by atoms with E-state index in [0.717, 1.165) is 11.3 Å². The minimum absolute atomic E-state index is 0.298. The van der Waals surface area contributed by atoms with Gasteiger partial charge in [-0.05, 0) is 36.6 Å². The number of phenols is 1. The number of hydrogen-bond donors (Lipinski definition) is 2. The highest BCUT2D eigenvalue weighted by Gasteiger charge is 1.92. The average molecular weight is 243 g/mol. The van der Waals surface area contributed by atoms with Crippen molar-refractivity contribution in [2.75, 3.05) is 7.05 Å². The third kappa shape index (κ3) is 4.91. The lowest BCUT2D eigenvalue weighted by molar-refractivity contribution is 0.475. The molecule has 1 aromatic carbocycles. The second-order valence-electron chi connectivity index (χ2n) is 4.16. The van der Waals surface area contributed by atoms with E-state index in [1.165, 1.54) is 0 Å². The van der Waals surface area contributed by atoms with Crippen molar-refractivity contribution < 1.29 is 5.11 Å². The molecule has 2 N–H and O–H groups in total. The maximum Gasteiger partial charge on any atom is 0.115 e. The lowest BCUT2D eigenvalue weighted by Gasteiger charge is -2.01. The van der Waals surface area contributed by atoms with E-state index < -0.39 is 0 Å². The first kappa shape index (κ1) is 14.1. The van der Waals surface area contributed by atoms with Crippen molar-refractivity contribution in [3.05, 3.63) is 59.8 Å². The molecule has 0 saturated heterocycles. The fourth-order valence-corrected chi connectivity index (χ4v) is 1.49. The Kier molecular flexibility index (Phi) is 5.78. The quantitative estimate of drug-likeness (QED) is 0.772. The zero-order valence-corrected chi connectivity index (χ0v) is 11.2. The number of aromatic hydroxyl groups is 1. The number of benzene rings is 1. The number of allylic oxidation sites excluding steroid dienone is 4. The van der Waals surface area contributed by atoms with Crippen LogP contribution in [0.4, 0.5) is 0 Å². The lowest BCUT2D eigenvalue weighted by Crippen LogP contribution is -2.02. The summed E-state index contributed by atoms with van der Waals surface area (Å²) in [5, 5.41) is 12.3. The molecule has 0 radical (unpaired) electrons.